The van der Waals surface area contributed by atoms with E-state index < -0.39 is 0 Å². The van der Waals surface area contributed by atoms with Crippen LogP contribution in [-0.4, -0.2) is 24.6 Å². The molecule has 120 valence electrons. The van der Waals surface area contributed by atoms with Gasteiger partial charge < -0.3 is 10.2 Å². The maximum atomic E-state index is 4.90. The molecule has 0 bridgehead atoms. The summed E-state index contributed by atoms with van der Waals surface area (Å²) in [5.74, 6) is 0.701. The smallest absolute Gasteiger partial charge is 0.185 e. The van der Waals surface area contributed by atoms with Crippen LogP contribution in [0.2, 0.25) is 0 Å². The van der Waals surface area contributed by atoms with Crippen molar-refractivity contribution in [2.75, 3.05) is 24.5 Å². The largest absolute Gasteiger partial charge is 0.348 e. The second-order valence-electron chi connectivity index (χ2n) is 7.40. The predicted octanol–water partition coefficient (Wildman–Crippen LogP) is 4.08. The number of nitrogens with zero attached hydrogens (tertiary/aromatic N) is 2. The maximum Gasteiger partial charge on any atom is 0.185 e. The van der Waals surface area contributed by atoms with Crippen molar-refractivity contribution in [3.8, 4) is 0 Å². The first kappa shape index (κ1) is 16.8. The van der Waals surface area contributed by atoms with E-state index >= 15 is 0 Å². The molecule has 2 rings (SSSR count). The van der Waals surface area contributed by atoms with E-state index in [-0.39, 0.29) is 0 Å². The zero-order valence-corrected chi connectivity index (χ0v) is 15.1. The summed E-state index contributed by atoms with van der Waals surface area (Å²) in [7, 11) is 0. The van der Waals surface area contributed by atoms with Gasteiger partial charge in [-0.3, -0.25) is 0 Å². The summed E-state index contributed by atoms with van der Waals surface area (Å²) in [6, 6.07) is 0. The number of aryl methyl sites for hydroxylation is 1. The minimum absolute atomic E-state index is 0.503. The molecule has 1 fully saturated rings. The molecule has 21 heavy (non-hydrogen) atoms. The van der Waals surface area contributed by atoms with Crippen molar-refractivity contribution in [3.05, 3.63) is 10.6 Å². The Morgan fingerprint density at radius 1 is 1.29 bits per heavy atom. The number of rotatable bonds is 6. The third-order valence-corrected chi connectivity index (χ3v) is 5.49. The van der Waals surface area contributed by atoms with Crippen LogP contribution in [0.4, 0.5) is 5.13 Å². The normalized spacial score (nSPS) is 18.5. The monoisotopic (exact) mass is 309 g/mol. The Balaban J connectivity index is 1.99. The molecule has 0 unspecified atom stereocenters. The van der Waals surface area contributed by atoms with Crippen molar-refractivity contribution < 1.29 is 0 Å². The highest BCUT2D eigenvalue weighted by atomic mass is 32.1. The quantitative estimate of drug-likeness (QED) is 0.858. The molecule has 4 heteroatoms. The molecule has 1 saturated heterocycles. The van der Waals surface area contributed by atoms with Crippen LogP contribution in [0.5, 0.6) is 0 Å². The van der Waals surface area contributed by atoms with Crippen LogP contribution in [0, 0.1) is 11.3 Å². The SMILES string of the molecule is CCc1nc(N2CCC(C)(C)CC2)sc1CNCC(C)C. The molecule has 0 radical (unpaired) electrons. The second-order valence-corrected chi connectivity index (χ2v) is 8.46. The summed E-state index contributed by atoms with van der Waals surface area (Å²) in [4.78, 5) is 8.82. The van der Waals surface area contributed by atoms with Gasteiger partial charge in [-0.15, -0.1) is 11.3 Å². The van der Waals surface area contributed by atoms with Crippen LogP contribution in [0.3, 0.4) is 0 Å². The fraction of sp³-hybridized carbons (Fsp3) is 0.824. The van der Waals surface area contributed by atoms with Gasteiger partial charge in [0.2, 0.25) is 0 Å². The number of aromatic nitrogens is 1. The molecule has 3 nitrogen and oxygen atoms in total. The lowest BCUT2D eigenvalue weighted by atomic mass is 9.83. The molecule has 0 amide bonds. The van der Waals surface area contributed by atoms with E-state index in [0.717, 1.165) is 32.6 Å². The van der Waals surface area contributed by atoms with Crippen LogP contribution in [0.1, 0.15) is 58.0 Å². The number of piperidine rings is 1. The Kier molecular flexibility index (Phi) is 5.67. The average molecular weight is 310 g/mol. The number of hydrogen-bond acceptors (Lipinski definition) is 4. The summed E-state index contributed by atoms with van der Waals surface area (Å²) in [5.41, 5.74) is 1.79. The molecular formula is C17H31N3S. The maximum absolute atomic E-state index is 4.90. The first-order valence-electron chi connectivity index (χ1n) is 8.35. The molecule has 0 aliphatic carbocycles. The summed E-state index contributed by atoms with van der Waals surface area (Å²) in [5, 5.41) is 4.80. The zero-order valence-electron chi connectivity index (χ0n) is 14.3. The highest BCUT2D eigenvalue weighted by Crippen LogP contribution is 2.34. The topological polar surface area (TPSA) is 28.2 Å². The molecule has 0 saturated carbocycles. The van der Waals surface area contributed by atoms with Crippen molar-refractivity contribution in [3.63, 3.8) is 0 Å². The van der Waals surface area contributed by atoms with E-state index in [0.29, 0.717) is 11.3 Å². The summed E-state index contributed by atoms with van der Waals surface area (Å²) >= 11 is 1.89. The van der Waals surface area contributed by atoms with Crippen LogP contribution in [0.25, 0.3) is 0 Å². The van der Waals surface area contributed by atoms with Crippen LogP contribution >= 0.6 is 11.3 Å². The summed E-state index contributed by atoms with van der Waals surface area (Å²) in [6.07, 6.45) is 3.58. The highest BCUT2D eigenvalue weighted by Gasteiger charge is 2.27. The van der Waals surface area contributed by atoms with E-state index in [1.165, 1.54) is 28.5 Å². The summed E-state index contributed by atoms with van der Waals surface area (Å²) in [6.45, 7) is 15.8. The molecule has 0 aromatic carbocycles. The van der Waals surface area contributed by atoms with E-state index in [9.17, 15) is 0 Å². The highest BCUT2D eigenvalue weighted by molar-refractivity contribution is 7.15. The Hall–Kier alpha value is -0.610. The van der Waals surface area contributed by atoms with Gasteiger partial charge in [0.25, 0.3) is 0 Å². The van der Waals surface area contributed by atoms with E-state index in [4.69, 9.17) is 4.98 Å². The Morgan fingerprint density at radius 3 is 2.52 bits per heavy atom. The molecule has 1 aromatic rings. The standard InChI is InChI=1S/C17H31N3S/c1-6-14-15(12-18-11-13(2)3)21-16(19-14)20-9-7-17(4,5)8-10-20/h13,18H,6-12H2,1-5H3. The molecule has 1 aliphatic rings. The zero-order chi connectivity index (χ0) is 15.5. The molecule has 1 N–H and O–H groups in total. The lowest BCUT2D eigenvalue weighted by Crippen LogP contribution is -2.37. The van der Waals surface area contributed by atoms with Gasteiger partial charge in [0.15, 0.2) is 5.13 Å². The molecular weight excluding hydrogens is 278 g/mol. The van der Waals surface area contributed by atoms with Gasteiger partial charge in [0.05, 0.1) is 5.69 Å². The molecule has 0 atom stereocenters. The van der Waals surface area contributed by atoms with Crippen LogP contribution in [0.15, 0.2) is 0 Å². The first-order valence-corrected chi connectivity index (χ1v) is 9.17. The van der Waals surface area contributed by atoms with Gasteiger partial charge in [-0.25, -0.2) is 4.98 Å². The lowest BCUT2D eigenvalue weighted by Gasteiger charge is -2.36. The van der Waals surface area contributed by atoms with Crippen molar-refractivity contribution in [1.82, 2.24) is 10.3 Å². The minimum atomic E-state index is 0.503. The fourth-order valence-corrected chi connectivity index (χ4v) is 3.87. The third-order valence-electron chi connectivity index (χ3n) is 4.33. The van der Waals surface area contributed by atoms with Gasteiger partial charge in [-0.1, -0.05) is 34.6 Å². The second kappa shape index (κ2) is 7.10. The van der Waals surface area contributed by atoms with Crippen molar-refractivity contribution in [2.24, 2.45) is 11.3 Å². The third kappa shape index (κ3) is 4.68. The fourth-order valence-electron chi connectivity index (χ4n) is 2.70. The Bertz CT molecular complexity index is 441. The molecule has 2 heterocycles. The van der Waals surface area contributed by atoms with Crippen LogP contribution < -0.4 is 10.2 Å². The molecule has 1 aromatic heterocycles. The Morgan fingerprint density at radius 2 is 1.95 bits per heavy atom. The Labute approximate surface area is 134 Å². The minimum Gasteiger partial charge on any atom is -0.348 e. The van der Waals surface area contributed by atoms with E-state index in [2.05, 4.69) is 44.8 Å². The van der Waals surface area contributed by atoms with Gasteiger partial charge in [0.1, 0.15) is 0 Å². The van der Waals surface area contributed by atoms with Gasteiger partial charge >= 0.3 is 0 Å². The van der Waals surface area contributed by atoms with Gasteiger partial charge in [0, 0.05) is 24.5 Å². The van der Waals surface area contributed by atoms with E-state index in [1.54, 1.807) is 0 Å². The average Bonchev–Trinajstić information content (AvgIpc) is 2.81. The van der Waals surface area contributed by atoms with Crippen LogP contribution in [-0.2, 0) is 13.0 Å². The lowest BCUT2D eigenvalue weighted by molar-refractivity contribution is 0.279. The van der Waals surface area contributed by atoms with Crippen molar-refractivity contribution >= 4 is 16.5 Å². The number of hydrogen-bond donors (Lipinski definition) is 1. The van der Waals surface area contributed by atoms with Gasteiger partial charge in [-0.05, 0) is 37.1 Å². The molecule has 1 aliphatic heterocycles. The first-order chi connectivity index (χ1) is 9.91. The van der Waals surface area contributed by atoms with Crippen molar-refractivity contribution in [1.29, 1.82) is 0 Å². The molecule has 0 spiro atoms. The number of thiazole rings is 1. The number of nitrogens with one attached hydrogen (secondary N) is 1. The van der Waals surface area contributed by atoms with Crippen molar-refractivity contribution in [2.45, 2.75) is 60.4 Å². The number of anilines is 1. The summed E-state index contributed by atoms with van der Waals surface area (Å²) < 4.78 is 0. The van der Waals surface area contributed by atoms with Gasteiger partial charge in [-0.2, -0.15) is 0 Å². The predicted molar refractivity (Wildman–Crippen MR) is 93.3 cm³/mol. The van der Waals surface area contributed by atoms with E-state index in [1.807, 2.05) is 11.3 Å².